The number of hydrogen-bond acceptors (Lipinski definition) is 0. The van der Waals surface area contributed by atoms with E-state index in [1.54, 1.807) is 0 Å². The van der Waals surface area contributed by atoms with E-state index >= 15 is 0 Å². The summed E-state index contributed by atoms with van der Waals surface area (Å²) in [5, 5.41) is 4.88. The van der Waals surface area contributed by atoms with Gasteiger partial charge in [0.2, 0.25) is 0 Å². The summed E-state index contributed by atoms with van der Waals surface area (Å²) in [6.45, 7) is 0. The zero-order valence-electron chi connectivity index (χ0n) is 12.1. The van der Waals surface area contributed by atoms with Crippen molar-refractivity contribution in [2.45, 2.75) is 0 Å². The minimum atomic E-state index is 0.940. The van der Waals surface area contributed by atoms with Gasteiger partial charge in [-0.1, -0.05) is 78.7 Å². The van der Waals surface area contributed by atoms with Crippen LogP contribution in [0.25, 0.3) is 32.7 Å². The lowest BCUT2D eigenvalue weighted by molar-refractivity contribution is 1.65. The van der Waals surface area contributed by atoms with E-state index in [9.17, 15) is 0 Å². The second kappa shape index (κ2) is 5.06. The van der Waals surface area contributed by atoms with Gasteiger partial charge in [-0.15, -0.1) is 6.42 Å². The molecular weight excluding hydrogens is 264 g/mol. The average molecular weight is 278 g/mol. The molecule has 0 heteroatoms. The number of fused-ring (bicyclic) bond motifs is 2. The summed E-state index contributed by atoms with van der Waals surface area (Å²) in [7, 11) is 0. The molecule has 4 rings (SSSR count). The van der Waals surface area contributed by atoms with Gasteiger partial charge in [0.1, 0.15) is 0 Å². The first-order chi connectivity index (χ1) is 10.9. The number of terminal acetylenes is 1. The van der Waals surface area contributed by atoms with E-state index < -0.39 is 0 Å². The van der Waals surface area contributed by atoms with E-state index in [0.29, 0.717) is 0 Å². The molecule has 0 amide bonds. The zero-order chi connectivity index (χ0) is 14.9. The highest BCUT2D eigenvalue weighted by Crippen LogP contribution is 2.36. The van der Waals surface area contributed by atoms with Gasteiger partial charge in [-0.05, 0) is 33.2 Å². The fraction of sp³-hybridized carbons (Fsp3) is 0. The third kappa shape index (κ3) is 1.88. The van der Waals surface area contributed by atoms with Gasteiger partial charge in [0.25, 0.3) is 0 Å². The fourth-order valence-corrected chi connectivity index (χ4v) is 3.13. The molecule has 0 aliphatic rings. The standard InChI is InChI=1S/C22H14/c1-2-16-14-15-18-9-4-6-12-20(18)22(16)21-13-7-10-17-8-3-5-11-19(17)21/h1,3-15H. The summed E-state index contributed by atoms with van der Waals surface area (Å²) in [6, 6.07) is 27.4. The molecule has 0 bridgehead atoms. The Labute approximate surface area is 130 Å². The smallest absolute Gasteiger partial charge is 0.0327 e. The van der Waals surface area contributed by atoms with Crippen LogP contribution in [0.1, 0.15) is 5.56 Å². The first kappa shape index (κ1) is 12.7. The predicted molar refractivity (Wildman–Crippen MR) is 94.8 cm³/mol. The molecule has 0 radical (unpaired) electrons. The topological polar surface area (TPSA) is 0 Å². The lowest BCUT2D eigenvalue weighted by Gasteiger charge is -2.12. The molecule has 0 aliphatic carbocycles. The van der Waals surface area contributed by atoms with Gasteiger partial charge in [0.05, 0.1) is 0 Å². The molecule has 0 saturated carbocycles. The van der Waals surface area contributed by atoms with Crippen molar-refractivity contribution < 1.29 is 0 Å². The van der Waals surface area contributed by atoms with Crippen LogP contribution in [0.3, 0.4) is 0 Å². The molecule has 0 N–H and O–H groups in total. The van der Waals surface area contributed by atoms with E-state index in [4.69, 9.17) is 6.42 Å². The summed E-state index contributed by atoms with van der Waals surface area (Å²) >= 11 is 0. The van der Waals surface area contributed by atoms with Gasteiger partial charge in [0, 0.05) is 11.1 Å². The number of benzene rings is 4. The monoisotopic (exact) mass is 278 g/mol. The quantitative estimate of drug-likeness (QED) is 0.395. The first-order valence-electron chi connectivity index (χ1n) is 7.35. The summed E-state index contributed by atoms with van der Waals surface area (Å²) in [5.41, 5.74) is 3.29. The molecule has 4 aromatic rings. The van der Waals surface area contributed by atoms with Crippen molar-refractivity contribution in [1.82, 2.24) is 0 Å². The lowest BCUT2D eigenvalue weighted by atomic mass is 9.90. The first-order valence-corrected chi connectivity index (χ1v) is 7.35. The maximum Gasteiger partial charge on any atom is 0.0327 e. The molecule has 0 heterocycles. The zero-order valence-corrected chi connectivity index (χ0v) is 12.1. The molecule has 0 unspecified atom stereocenters. The van der Waals surface area contributed by atoms with Crippen LogP contribution >= 0.6 is 0 Å². The minimum Gasteiger partial charge on any atom is -0.115 e. The molecular formula is C22H14. The van der Waals surface area contributed by atoms with Gasteiger partial charge in [-0.2, -0.15) is 0 Å². The number of rotatable bonds is 1. The Balaban J connectivity index is 2.19. The van der Waals surface area contributed by atoms with Crippen molar-refractivity contribution in [2.24, 2.45) is 0 Å². The van der Waals surface area contributed by atoms with Gasteiger partial charge in [-0.3, -0.25) is 0 Å². The summed E-state index contributed by atoms with van der Waals surface area (Å²) < 4.78 is 0. The molecule has 0 atom stereocenters. The van der Waals surface area contributed by atoms with Crippen molar-refractivity contribution in [2.75, 3.05) is 0 Å². The van der Waals surface area contributed by atoms with Crippen molar-refractivity contribution >= 4 is 21.5 Å². The number of hydrogen-bond donors (Lipinski definition) is 0. The third-order valence-electron chi connectivity index (χ3n) is 4.14. The largest absolute Gasteiger partial charge is 0.115 e. The van der Waals surface area contributed by atoms with E-state index in [2.05, 4.69) is 78.7 Å². The Morgan fingerprint density at radius 2 is 1.23 bits per heavy atom. The molecule has 0 aromatic heterocycles. The maximum absolute atomic E-state index is 5.77. The minimum absolute atomic E-state index is 0.940. The molecule has 0 saturated heterocycles. The Kier molecular flexibility index (Phi) is 2.92. The highest BCUT2D eigenvalue weighted by molar-refractivity contribution is 6.07. The highest BCUT2D eigenvalue weighted by atomic mass is 14.1. The lowest BCUT2D eigenvalue weighted by Crippen LogP contribution is -1.88. The van der Waals surface area contributed by atoms with Crippen LogP contribution in [-0.4, -0.2) is 0 Å². The van der Waals surface area contributed by atoms with Crippen molar-refractivity contribution in [1.29, 1.82) is 0 Å². The molecule has 0 nitrogen and oxygen atoms in total. The Hall–Kier alpha value is -3.04. The SMILES string of the molecule is C#Cc1ccc2ccccc2c1-c1cccc2ccccc12. The van der Waals surface area contributed by atoms with Gasteiger partial charge in [-0.25, -0.2) is 0 Å². The second-order valence-corrected chi connectivity index (χ2v) is 5.38. The second-order valence-electron chi connectivity index (χ2n) is 5.38. The van der Waals surface area contributed by atoms with Gasteiger partial charge >= 0.3 is 0 Å². The molecule has 0 aliphatic heterocycles. The highest BCUT2D eigenvalue weighted by Gasteiger charge is 2.11. The van der Waals surface area contributed by atoms with Crippen LogP contribution in [0.15, 0.2) is 78.9 Å². The van der Waals surface area contributed by atoms with Crippen LogP contribution in [0.5, 0.6) is 0 Å². The van der Waals surface area contributed by atoms with Crippen LogP contribution in [0.2, 0.25) is 0 Å². The maximum atomic E-state index is 5.77. The van der Waals surface area contributed by atoms with Crippen molar-refractivity contribution in [3.8, 4) is 23.5 Å². The molecule has 4 aromatic carbocycles. The van der Waals surface area contributed by atoms with E-state index in [1.165, 1.54) is 27.1 Å². The van der Waals surface area contributed by atoms with Gasteiger partial charge in [0.15, 0.2) is 0 Å². The van der Waals surface area contributed by atoms with Crippen molar-refractivity contribution in [3.63, 3.8) is 0 Å². The van der Waals surface area contributed by atoms with Crippen LogP contribution in [0, 0.1) is 12.3 Å². The Morgan fingerprint density at radius 1 is 0.591 bits per heavy atom. The summed E-state index contributed by atoms with van der Waals surface area (Å²) in [6.07, 6.45) is 5.77. The van der Waals surface area contributed by atoms with Crippen molar-refractivity contribution in [3.05, 3.63) is 84.4 Å². The van der Waals surface area contributed by atoms with Crippen LogP contribution < -0.4 is 0 Å². The van der Waals surface area contributed by atoms with Gasteiger partial charge < -0.3 is 0 Å². The molecule has 102 valence electrons. The van der Waals surface area contributed by atoms with Crippen LogP contribution in [-0.2, 0) is 0 Å². The van der Waals surface area contributed by atoms with E-state index in [0.717, 1.165) is 11.1 Å². The van der Waals surface area contributed by atoms with E-state index in [-0.39, 0.29) is 0 Å². The Bertz CT molecular complexity index is 1030. The average Bonchev–Trinajstić information content (AvgIpc) is 2.60. The molecule has 22 heavy (non-hydrogen) atoms. The molecule has 0 fully saturated rings. The third-order valence-corrected chi connectivity index (χ3v) is 4.14. The normalized spacial score (nSPS) is 10.7. The predicted octanol–water partition coefficient (Wildman–Crippen LogP) is 5.64. The molecule has 0 spiro atoms. The summed E-state index contributed by atoms with van der Waals surface area (Å²) in [5.74, 6) is 2.85. The van der Waals surface area contributed by atoms with E-state index in [1.807, 2.05) is 6.07 Å². The fourth-order valence-electron chi connectivity index (χ4n) is 3.13. The summed E-state index contributed by atoms with van der Waals surface area (Å²) in [4.78, 5) is 0. The van der Waals surface area contributed by atoms with Crippen LogP contribution in [0.4, 0.5) is 0 Å². The Morgan fingerprint density at radius 3 is 2.00 bits per heavy atom.